The van der Waals surface area contributed by atoms with Gasteiger partial charge in [-0.1, -0.05) is 13.8 Å². The number of rotatable bonds is 7. The van der Waals surface area contributed by atoms with Crippen molar-refractivity contribution < 1.29 is 27.5 Å². The first-order valence-electron chi connectivity index (χ1n) is 8.75. The summed E-state index contributed by atoms with van der Waals surface area (Å²) >= 11 is 0. The number of nitrogens with zero attached hydrogens (tertiary/aromatic N) is 2. The molecule has 0 saturated heterocycles. The molecule has 0 saturated carbocycles. The van der Waals surface area contributed by atoms with Crippen LogP contribution in [0.4, 0.5) is 19.0 Å². The van der Waals surface area contributed by atoms with Crippen molar-refractivity contribution in [3.05, 3.63) is 47.4 Å². The molecule has 156 valence electrons. The summed E-state index contributed by atoms with van der Waals surface area (Å²) in [5, 5.41) is 5.27. The van der Waals surface area contributed by atoms with E-state index in [1.165, 1.54) is 30.6 Å². The second-order valence-corrected chi connectivity index (χ2v) is 6.60. The van der Waals surface area contributed by atoms with Crippen LogP contribution in [0, 0.1) is 12.8 Å². The Bertz CT molecular complexity index is 885. The molecule has 0 radical (unpaired) electrons. The number of hydrogen-bond donors (Lipinski definition) is 2. The number of alkyl halides is 3. The molecule has 2 aromatic rings. The molecule has 0 atom stereocenters. The van der Waals surface area contributed by atoms with Gasteiger partial charge in [-0.3, -0.25) is 14.6 Å². The van der Waals surface area contributed by atoms with E-state index in [-0.39, 0.29) is 29.9 Å². The van der Waals surface area contributed by atoms with Crippen LogP contribution in [0.15, 0.2) is 30.6 Å². The molecule has 2 amide bonds. The van der Waals surface area contributed by atoms with E-state index >= 15 is 0 Å². The molecule has 0 aromatic carbocycles. The molecule has 2 aromatic heterocycles. The molecule has 10 heteroatoms. The lowest BCUT2D eigenvalue weighted by atomic mass is 10.2. The number of ether oxygens (including phenoxy) is 1. The summed E-state index contributed by atoms with van der Waals surface area (Å²) in [6, 6.07) is 4.47. The maximum atomic E-state index is 12.3. The van der Waals surface area contributed by atoms with Crippen LogP contribution in [0.2, 0.25) is 0 Å². The van der Waals surface area contributed by atoms with Gasteiger partial charge in [0.2, 0.25) is 5.91 Å². The topological polar surface area (TPSA) is 93.2 Å². The molecule has 2 rings (SSSR count). The van der Waals surface area contributed by atoms with Crippen LogP contribution in [-0.4, -0.2) is 34.6 Å². The van der Waals surface area contributed by atoms with Crippen molar-refractivity contribution in [2.24, 2.45) is 5.92 Å². The number of aromatic nitrogens is 2. The average Bonchev–Trinajstić information content (AvgIpc) is 2.64. The Morgan fingerprint density at radius 3 is 2.55 bits per heavy atom. The molecule has 2 heterocycles. The fraction of sp³-hybridized carbons (Fsp3) is 0.368. The highest BCUT2D eigenvalue weighted by Gasteiger charge is 2.28. The molecular formula is C19H21F3N4O3. The van der Waals surface area contributed by atoms with Gasteiger partial charge in [-0.25, -0.2) is 4.98 Å². The molecule has 0 spiro atoms. The first-order chi connectivity index (χ1) is 13.5. The summed E-state index contributed by atoms with van der Waals surface area (Å²) < 4.78 is 41.4. The zero-order valence-corrected chi connectivity index (χ0v) is 16.1. The Hall–Kier alpha value is -3.17. The van der Waals surface area contributed by atoms with Gasteiger partial charge < -0.3 is 15.4 Å². The van der Waals surface area contributed by atoms with Crippen molar-refractivity contribution >= 4 is 17.6 Å². The van der Waals surface area contributed by atoms with Crippen LogP contribution in [-0.2, 0) is 11.3 Å². The summed E-state index contributed by atoms with van der Waals surface area (Å²) in [7, 11) is 0. The summed E-state index contributed by atoms with van der Waals surface area (Å²) in [5.74, 6) is -0.577. The van der Waals surface area contributed by atoms with Crippen LogP contribution in [0.25, 0.3) is 0 Å². The van der Waals surface area contributed by atoms with Crippen molar-refractivity contribution in [1.82, 2.24) is 15.3 Å². The molecule has 29 heavy (non-hydrogen) atoms. The van der Waals surface area contributed by atoms with Crippen LogP contribution in [0.5, 0.6) is 5.75 Å². The highest BCUT2D eigenvalue weighted by molar-refractivity contribution is 5.96. The fourth-order valence-electron chi connectivity index (χ4n) is 2.19. The maximum absolute atomic E-state index is 12.3. The summed E-state index contributed by atoms with van der Waals surface area (Å²) in [5.41, 5.74) is 1.22. The lowest BCUT2D eigenvalue weighted by Gasteiger charge is -2.12. The van der Waals surface area contributed by atoms with Gasteiger partial charge in [0.05, 0.1) is 18.4 Å². The van der Waals surface area contributed by atoms with Crippen molar-refractivity contribution in [3.63, 3.8) is 0 Å². The van der Waals surface area contributed by atoms with Gasteiger partial charge in [0, 0.05) is 17.7 Å². The standard InChI is InChI=1S/C19H21F3N4O3/c1-11(2)17(27)26-16-7-13(4-5-23-16)18(28)25-8-14-6-12(3)15(9-24-14)29-10-19(20,21)22/h4-7,9,11H,8,10H2,1-3H3,(H,25,28)(H,23,26,27). The first-order valence-corrected chi connectivity index (χ1v) is 8.75. The Morgan fingerprint density at radius 2 is 1.93 bits per heavy atom. The normalized spacial score (nSPS) is 11.3. The SMILES string of the molecule is Cc1cc(CNC(=O)c2ccnc(NC(=O)C(C)C)c2)ncc1OCC(F)(F)F. The van der Waals surface area contributed by atoms with E-state index in [4.69, 9.17) is 4.74 Å². The number of amides is 2. The largest absolute Gasteiger partial charge is 0.482 e. The van der Waals surface area contributed by atoms with Crippen molar-refractivity contribution in [2.75, 3.05) is 11.9 Å². The van der Waals surface area contributed by atoms with Crippen LogP contribution >= 0.6 is 0 Å². The third-order valence-corrected chi connectivity index (χ3v) is 3.74. The summed E-state index contributed by atoms with van der Waals surface area (Å²) in [6.07, 6.45) is -1.84. The predicted molar refractivity (Wildman–Crippen MR) is 99.4 cm³/mol. The minimum Gasteiger partial charge on any atom is -0.482 e. The van der Waals surface area contributed by atoms with E-state index in [9.17, 15) is 22.8 Å². The van der Waals surface area contributed by atoms with E-state index in [1.54, 1.807) is 20.8 Å². The average molecular weight is 410 g/mol. The van der Waals surface area contributed by atoms with E-state index in [1.807, 2.05) is 0 Å². The van der Waals surface area contributed by atoms with Crippen LogP contribution < -0.4 is 15.4 Å². The van der Waals surface area contributed by atoms with Crippen molar-refractivity contribution in [1.29, 1.82) is 0 Å². The predicted octanol–water partition coefficient (Wildman–Crippen LogP) is 3.25. The molecular weight excluding hydrogens is 389 g/mol. The van der Waals surface area contributed by atoms with Gasteiger partial charge in [0.25, 0.3) is 5.91 Å². The van der Waals surface area contributed by atoms with Gasteiger partial charge in [0.1, 0.15) is 11.6 Å². The van der Waals surface area contributed by atoms with E-state index in [2.05, 4.69) is 20.6 Å². The van der Waals surface area contributed by atoms with Crippen molar-refractivity contribution in [3.8, 4) is 5.75 Å². The first kappa shape index (κ1) is 22.1. The third-order valence-electron chi connectivity index (χ3n) is 3.74. The lowest BCUT2D eigenvalue weighted by molar-refractivity contribution is -0.153. The molecule has 0 unspecified atom stereocenters. The number of anilines is 1. The third kappa shape index (κ3) is 7.05. The van der Waals surface area contributed by atoms with Crippen LogP contribution in [0.3, 0.4) is 0 Å². The smallest absolute Gasteiger partial charge is 0.422 e. The fourth-order valence-corrected chi connectivity index (χ4v) is 2.19. The zero-order valence-electron chi connectivity index (χ0n) is 16.1. The van der Waals surface area contributed by atoms with E-state index in [0.29, 0.717) is 16.8 Å². The molecule has 2 N–H and O–H groups in total. The quantitative estimate of drug-likeness (QED) is 0.731. The minimum atomic E-state index is -4.43. The number of hydrogen-bond acceptors (Lipinski definition) is 5. The maximum Gasteiger partial charge on any atom is 0.422 e. The number of halogens is 3. The molecule has 0 aliphatic carbocycles. The molecule has 0 aliphatic heterocycles. The number of pyridine rings is 2. The Balaban J connectivity index is 1.97. The number of carbonyl (C=O) groups excluding carboxylic acids is 2. The van der Waals surface area contributed by atoms with Crippen LogP contribution in [0.1, 0.15) is 35.5 Å². The molecule has 0 bridgehead atoms. The molecule has 0 aliphatic rings. The minimum absolute atomic E-state index is 0.0251. The second-order valence-electron chi connectivity index (χ2n) is 6.60. The monoisotopic (exact) mass is 410 g/mol. The Kier molecular flexibility index (Phi) is 7.13. The Labute approximate surface area is 165 Å². The zero-order chi connectivity index (χ0) is 21.6. The number of aryl methyl sites for hydroxylation is 1. The van der Waals surface area contributed by atoms with E-state index in [0.717, 1.165) is 0 Å². The van der Waals surface area contributed by atoms with Gasteiger partial charge in [-0.15, -0.1) is 0 Å². The van der Waals surface area contributed by atoms with Gasteiger partial charge in [-0.2, -0.15) is 13.2 Å². The highest BCUT2D eigenvalue weighted by atomic mass is 19.4. The summed E-state index contributed by atoms with van der Waals surface area (Å²) in [4.78, 5) is 32.1. The van der Waals surface area contributed by atoms with Crippen molar-refractivity contribution in [2.45, 2.75) is 33.5 Å². The van der Waals surface area contributed by atoms with Gasteiger partial charge >= 0.3 is 6.18 Å². The van der Waals surface area contributed by atoms with Gasteiger partial charge in [0.15, 0.2) is 6.61 Å². The second kappa shape index (κ2) is 9.35. The number of nitrogens with one attached hydrogen (secondary N) is 2. The Morgan fingerprint density at radius 1 is 1.21 bits per heavy atom. The van der Waals surface area contributed by atoms with Gasteiger partial charge in [-0.05, 0) is 30.7 Å². The molecule has 0 fully saturated rings. The summed E-state index contributed by atoms with van der Waals surface area (Å²) in [6.45, 7) is 3.73. The van der Waals surface area contributed by atoms with E-state index < -0.39 is 18.7 Å². The number of carbonyl (C=O) groups is 2. The lowest BCUT2D eigenvalue weighted by Crippen LogP contribution is -2.24. The molecule has 7 nitrogen and oxygen atoms in total. The highest BCUT2D eigenvalue weighted by Crippen LogP contribution is 2.21.